The Morgan fingerprint density at radius 2 is 2.00 bits per heavy atom. The van der Waals surface area contributed by atoms with Crippen LogP contribution in [0.3, 0.4) is 0 Å². The second kappa shape index (κ2) is 5.50. The average molecular weight is 267 g/mol. The predicted molar refractivity (Wildman–Crippen MR) is 79.2 cm³/mol. The van der Waals surface area contributed by atoms with Gasteiger partial charge in [0.1, 0.15) is 0 Å². The molecule has 0 bridgehead atoms. The van der Waals surface area contributed by atoms with E-state index in [1.54, 1.807) is 0 Å². The number of piperidine rings is 1. The molecular formula is C15H23ClN2. The van der Waals surface area contributed by atoms with E-state index >= 15 is 0 Å². The summed E-state index contributed by atoms with van der Waals surface area (Å²) >= 11 is 6.23. The summed E-state index contributed by atoms with van der Waals surface area (Å²) in [5, 5.41) is 0.791. The Kier molecular flexibility index (Phi) is 4.18. The highest BCUT2D eigenvalue weighted by molar-refractivity contribution is 6.31. The Hall–Kier alpha value is -0.730. The third-order valence-corrected chi connectivity index (χ3v) is 4.80. The van der Waals surface area contributed by atoms with Crippen molar-refractivity contribution >= 4 is 17.3 Å². The molecule has 1 heterocycles. The van der Waals surface area contributed by atoms with Gasteiger partial charge in [-0.25, -0.2) is 0 Å². The lowest BCUT2D eigenvalue weighted by atomic mass is 9.78. The van der Waals surface area contributed by atoms with Crippen molar-refractivity contribution in [2.24, 2.45) is 11.1 Å². The number of rotatable bonds is 3. The van der Waals surface area contributed by atoms with Crippen molar-refractivity contribution in [3.63, 3.8) is 0 Å². The van der Waals surface area contributed by atoms with Gasteiger partial charge in [-0.2, -0.15) is 0 Å². The van der Waals surface area contributed by atoms with Gasteiger partial charge in [0.05, 0.1) is 0 Å². The Morgan fingerprint density at radius 3 is 2.50 bits per heavy atom. The molecule has 100 valence electrons. The minimum absolute atomic E-state index is 0.507. The Labute approximate surface area is 115 Å². The molecule has 3 heteroatoms. The smallest absolute Gasteiger partial charge is 0.0471 e. The fraction of sp³-hybridized carbons (Fsp3) is 0.600. The van der Waals surface area contributed by atoms with Crippen LogP contribution in [0.2, 0.25) is 5.02 Å². The first kappa shape index (κ1) is 13.7. The molecule has 0 unspecified atom stereocenters. The predicted octanol–water partition coefficient (Wildman–Crippen LogP) is 3.82. The van der Waals surface area contributed by atoms with Crippen LogP contribution in [0, 0.1) is 5.41 Å². The third-order valence-electron chi connectivity index (χ3n) is 4.45. The van der Waals surface area contributed by atoms with E-state index in [1.165, 1.54) is 24.9 Å². The molecule has 2 rings (SSSR count). The summed E-state index contributed by atoms with van der Waals surface area (Å²) in [5.41, 5.74) is 8.42. The number of hydrogen-bond acceptors (Lipinski definition) is 2. The minimum atomic E-state index is 0.507. The molecular weight excluding hydrogens is 244 g/mol. The van der Waals surface area contributed by atoms with Crippen molar-refractivity contribution < 1.29 is 0 Å². The first-order chi connectivity index (χ1) is 8.58. The molecule has 0 aliphatic carbocycles. The zero-order valence-electron chi connectivity index (χ0n) is 11.4. The molecule has 1 aromatic carbocycles. The zero-order chi connectivity index (χ0) is 13.2. The van der Waals surface area contributed by atoms with E-state index in [-0.39, 0.29) is 0 Å². The maximum absolute atomic E-state index is 6.23. The van der Waals surface area contributed by atoms with Crippen LogP contribution in [0.1, 0.15) is 38.7 Å². The van der Waals surface area contributed by atoms with Gasteiger partial charge in [-0.05, 0) is 36.0 Å². The van der Waals surface area contributed by atoms with Crippen molar-refractivity contribution in [3.05, 3.63) is 28.8 Å². The van der Waals surface area contributed by atoms with Crippen molar-refractivity contribution in [2.45, 2.75) is 39.7 Å². The molecule has 2 nitrogen and oxygen atoms in total. The first-order valence-corrected chi connectivity index (χ1v) is 7.19. The van der Waals surface area contributed by atoms with Gasteiger partial charge in [-0.1, -0.05) is 37.9 Å². The summed E-state index contributed by atoms with van der Waals surface area (Å²) < 4.78 is 0. The maximum atomic E-state index is 6.23. The fourth-order valence-corrected chi connectivity index (χ4v) is 2.81. The summed E-state index contributed by atoms with van der Waals surface area (Å²) in [6.07, 6.45) is 3.80. The van der Waals surface area contributed by atoms with Crippen LogP contribution in [0.5, 0.6) is 0 Å². The highest BCUT2D eigenvalue weighted by Gasteiger charge is 2.28. The molecule has 2 N–H and O–H groups in total. The third kappa shape index (κ3) is 2.81. The molecule has 1 aromatic rings. The first-order valence-electron chi connectivity index (χ1n) is 6.81. The van der Waals surface area contributed by atoms with Crippen LogP contribution in [0.15, 0.2) is 18.2 Å². The van der Waals surface area contributed by atoms with Crippen LogP contribution in [0.4, 0.5) is 5.69 Å². The number of nitrogens with two attached hydrogens (primary N) is 1. The molecule has 1 saturated heterocycles. The summed E-state index contributed by atoms with van der Waals surface area (Å²) in [6.45, 7) is 7.45. The van der Waals surface area contributed by atoms with Gasteiger partial charge >= 0.3 is 0 Å². The number of hydrogen-bond donors (Lipinski definition) is 1. The number of nitrogens with zero attached hydrogens (tertiary/aromatic N) is 1. The largest absolute Gasteiger partial charge is 0.371 e. The van der Waals surface area contributed by atoms with Gasteiger partial charge in [0.2, 0.25) is 0 Å². The molecule has 0 aromatic heterocycles. The lowest BCUT2D eigenvalue weighted by molar-refractivity contribution is 0.238. The summed E-state index contributed by atoms with van der Waals surface area (Å²) in [5.74, 6) is 0. The average Bonchev–Trinajstić information content (AvgIpc) is 2.39. The quantitative estimate of drug-likeness (QED) is 0.901. The lowest BCUT2D eigenvalue weighted by Gasteiger charge is -2.40. The number of halogens is 1. The van der Waals surface area contributed by atoms with Gasteiger partial charge in [0, 0.05) is 30.3 Å². The summed E-state index contributed by atoms with van der Waals surface area (Å²) in [4.78, 5) is 2.43. The summed E-state index contributed by atoms with van der Waals surface area (Å²) in [7, 11) is 0. The Bertz CT molecular complexity index is 409. The molecule has 18 heavy (non-hydrogen) atoms. The van der Waals surface area contributed by atoms with Gasteiger partial charge < -0.3 is 10.6 Å². The number of benzene rings is 1. The number of anilines is 1. The van der Waals surface area contributed by atoms with Gasteiger partial charge in [-0.15, -0.1) is 0 Å². The van der Waals surface area contributed by atoms with E-state index in [0.717, 1.165) is 23.7 Å². The lowest BCUT2D eigenvalue weighted by Crippen LogP contribution is -2.38. The minimum Gasteiger partial charge on any atom is -0.371 e. The molecule has 0 radical (unpaired) electrons. The maximum Gasteiger partial charge on any atom is 0.0471 e. The van der Waals surface area contributed by atoms with Crippen molar-refractivity contribution in [3.8, 4) is 0 Å². The van der Waals surface area contributed by atoms with Crippen LogP contribution < -0.4 is 10.6 Å². The van der Waals surface area contributed by atoms with E-state index in [0.29, 0.717) is 12.0 Å². The molecule has 0 atom stereocenters. The molecule has 0 amide bonds. The Morgan fingerprint density at radius 1 is 1.33 bits per heavy atom. The molecule has 1 fully saturated rings. The molecule has 0 spiro atoms. The second-order valence-electron chi connectivity index (χ2n) is 5.63. The highest BCUT2D eigenvalue weighted by Crippen LogP contribution is 2.36. The van der Waals surface area contributed by atoms with E-state index in [2.05, 4.69) is 30.9 Å². The normalized spacial score (nSPS) is 19.0. The fourth-order valence-electron chi connectivity index (χ4n) is 2.56. The topological polar surface area (TPSA) is 29.3 Å². The van der Waals surface area contributed by atoms with Crippen LogP contribution in [-0.4, -0.2) is 13.1 Å². The molecule has 1 aliphatic heterocycles. The van der Waals surface area contributed by atoms with Crippen LogP contribution in [-0.2, 0) is 6.54 Å². The van der Waals surface area contributed by atoms with E-state index < -0.39 is 0 Å². The zero-order valence-corrected chi connectivity index (χ0v) is 12.1. The Balaban J connectivity index is 2.08. The van der Waals surface area contributed by atoms with Crippen molar-refractivity contribution in [2.75, 3.05) is 18.0 Å². The van der Waals surface area contributed by atoms with E-state index in [1.807, 2.05) is 6.07 Å². The highest BCUT2D eigenvalue weighted by atomic mass is 35.5. The van der Waals surface area contributed by atoms with Gasteiger partial charge in [-0.3, -0.25) is 0 Å². The van der Waals surface area contributed by atoms with Gasteiger partial charge in [0.25, 0.3) is 0 Å². The van der Waals surface area contributed by atoms with Crippen molar-refractivity contribution in [1.29, 1.82) is 0 Å². The summed E-state index contributed by atoms with van der Waals surface area (Å²) in [6, 6.07) is 6.24. The van der Waals surface area contributed by atoms with Crippen LogP contribution >= 0.6 is 11.6 Å². The second-order valence-corrected chi connectivity index (χ2v) is 6.04. The van der Waals surface area contributed by atoms with E-state index in [4.69, 9.17) is 17.3 Å². The monoisotopic (exact) mass is 266 g/mol. The SMILES string of the molecule is CCC1(C)CCN(c2ccc(CN)c(Cl)c2)CC1. The molecule has 1 aliphatic rings. The standard InChI is InChI=1S/C15H23ClN2/c1-3-15(2)6-8-18(9-7-15)13-5-4-12(11-17)14(16)10-13/h4-5,10H,3,6-9,11,17H2,1-2H3. The molecule has 0 saturated carbocycles. The van der Waals surface area contributed by atoms with E-state index in [9.17, 15) is 0 Å². The van der Waals surface area contributed by atoms with Crippen LogP contribution in [0.25, 0.3) is 0 Å². The van der Waals surface area contributed by atoms with Gasteiger partial charge in [0.15, 0.2) is 0 Å². The van der Waals surface area contributed by atoms with Crippen molar-refractivity contribution in [1.82, 2.24) is 0 Å².